The first-order valence-corrected chi connectivity index (χ1v) is 8.70. The van der Waals surface area contributed by atoms with Crippen molar-refractivity contribution in [3.63, 3.8) is 0 Å². The number of aromatic amines is 1. The lowest BCUT2D eigenvalue weighted by Crippen LogP contribution is -2.20. The average Bonchev–Trinajstić information content (AvgIpc) is 3.02. The molecule has 0 aliphatic carbocycles. The summed E-state index contributed by atoms with van der Waals surface area (Å²) in [6.07, 6.45) is 0.600. The van der Waals surface area contributed by atoms with Gasteiger partial charge in [-0.2, -0.15) is 18.9 Å². The van der Waals surface area contributed by atoms with E-state index >= 15 is 0 Å². The summed E-state index contributed by atoms with van der Waals surface area (Å²) in [5.74, 6) is 0.415. The molecule has 0 amide bonds. The zero-order valence-corrected chi connectivity index (χ0v) is 15.7. The number of rotatable bonds is 7. The van der Waals surface area contributed by atoms with Crippen molar-refractivity contribution in [1.82, 2.24) is 19.7 Å². The Morgan fingerprint density at radius 1 is 1.29 bits per heavy atom. The molecular formula is C18H21F2N5O3. The van der Waals surface area contributed by atoms with Crippen molar-refractivity contribution in [2.24, 2.45) is 0 Å². The number of ether oxygens (including phenoxy) is 1. The monoisotopic (exact) mass is 393 g/mol. The van der Waals surface area contributed by atoms with Crippen LogP contribution in [0.5, 0.6) is 5.75 Å². The summed E-state index contributed by atoms with van der Waals surface area (Å²) < 4.78 is 30.7. The van der Waals surface area contributed by atoms with Gasteiger partial charge in [-0.25, -0.2) is 4.68 Å². The van der Waals surface area contributed by atoms with Crippen LogP contribution in [0.3, 0.4) is 0 Å². The quantitative estimate of drug-likeness (QED) is 0.639. The number of alkyl halides is 2. The Labute approximate surface area is 159 Å². The first-order chi connectivity index (χ1) is 13.3. The fraction of sp³-hybridized carbons (Fsp3) is 0.389. The van der Waals surface area contributed by atoms with Gasteiger partial charge in [0.1, 0.15) is 16.8 Å². The smallest absolute Gasteiger partial charge is 0.387 e. The molecule has 1 aromatic carbocycles. The Bertz CT molecular complexity index is 1010. The van der Waals surface area contributed by atoms with Crippen LogP contribution in [0, 0.1) is 0 Å². The van der Waals surface area contributed by atoms with E-state index < -0.39 is 13.2 Å². The Morgan fingerprint density at radius 3 is 2.50 bits per heavy atom. The van der Waals surface area contributed by atoms with E-state index in [2.05, 4.69) is 19.8 Å². The van der Waals surface area contributed by atoms with Gasteiger partial charge in [0, 0.05) is 14.1 Å². The normalized spacial score (nSPS) is 12.5. The van der Waals surface area contributed by atoms with E-state index in [9.17, 15) is 18.7 Å². The number of nitrogens with one attached hydrogen (secondary N) is 1. The molecule has 2 heterocycles. The van der Waals surface area contributed by atoms with E-state index in [4.69, 9.17) is 0 Å². The van der Waals surface area contributed by atoms with Crippen LogP contribution in [0.2, 0.25) is 0 Å². The van der Waals surface area contributed by atoms with Crippen molar-refractivity contribution in [2.75, 3.05) is 19.0 Å². The molecule has 2 N–H and O–H groups in total. The van der Waals surface area contributed by atoms with Crippen molar-refractivity contribution in [3.8, 4) is 5.75 Å². The minimum absolute atomic E-state index is 0.0550. The van der Waals surface area contributed by atoms with E-state index in [0.29, 0.717) is 18.0 Å². The molecule has 10 heteroatoms. The molecule has 8 nitrogen and oxygen atoms in total. The molecule has 0 saturated heterocycles. The third-order valence-electron chi connectivity index (χ3n) is 4.37. The summed E-state index contributed by atoms with van der Waals surface area (Å²) in [4.78, 5) is 21.3. The predicted octanol–water partition coefficient (Wildman–Crippen LogP) is 2.28. The van der Waals surface area contributed by atoms with Gasteiger partial charge in [0.05, 0.1) is 12.6 Å². The summed E-state index contributed by atoms with van der Waals surface area (Å²) in [6.45, 7) is -1.37. The summed E-state index contributed by atoms with van der Waals surface area (Å²) in [5, 5.41) is 14.3. The number of aliphatic hydroxyl groups excluding tert-OH is 1. The van der Waals surface area contributed by atoms with Crippen molar-refractivity contribution < 1.29 is 18.6 Å². The first kappa shape index (κ1) is 19.7. The number of halogens is 2. The minimum atomic E-state index is -2.89. The van der Waals surface area contributed by atoms with E-state index in [1.165, 1.54) is 12.1 Å². The molecule has 0 saturated carbocycles. The van der Waals surface area contributed by atoms with E-state index in [1.54, 1.807) is 35.8 Å². The van der Waals surface area contributed by atoms with E-state index in [0.717, 1.165) is 5.56 Å². The summed E-state index contributed by atoms with van der Waals surface area (Å²) in [7, 11) is 3.49. The molecular weight excluding hydrogens is 372 g/mol. The Morgan fingerprint density at radius 2 is 1.96 bits per heavy atom. The molecule has 2 aromatic heterocycles. The van der Waals surface area contributed by atoms with Gasteiger partial charge in [-0.1, -0.05) is 19.1 Å². The molecule has 0 radical (unpaired) electrons. The van der Waals surface area contributed by atoms with E-state index in [1.807, 2.05) is 6.92 Å². The molecule has 3 rings (SSSR count). The Kier molecular flexibility index (Phi) is 5.59. The maximum Gasteiger partial charge on any atom is 0.387 e. The SMILES string of the molecule is CC[C@H](c1ccc(OC(F)F)cc1)n1nc(CO)c2c(=O)[nH]c(N(C)C)nc21. The Balaban J connectivity index is 2.13. The summed E-state index contributed by atoms with van der Waals surface area (Å²) >= 11 is 0. The second-order valence-corrected chi connectivity index (χ2v) is 6.40. The second-order valence-electron chi connectivity index (χ2n) is 6.40. The van der Waals surface area contributed by atoms with Gasteiger partial charge in [-0.05, 0) is 24.1 Å². The highest BCUT2D eigenvalue weighted by Crippen LogP contribution is 2.28. The van der Waals surface area contributed by atoms with Gasteiger partial charge in [0.2, 0.25) is 5.95 Å². The standard InChI is InChI=1S/C18H21F2N5O3/c1-4-13(10-5-7-11(8-6-10)28-17(19)20)25-15-14(12(9-26)23-25)16(27)22-18(21-15)24(2)3/h5-8,13,17,26H,4,9H2,1-3H3,(H,21,22,27)/t13-/m1/s1. The number of hydrogen-bond acceptors (Lipinski definition) is 6. The molecule has 150 valence electrons. The molecule has 28 heavy (non-hydrogen) atoms. The van der Waals surface area contributed by atoms with Crippen molar-refractivity contribution in [1.29, 1.82) is 0 Å². The van der Waals surface area contributed by atoms with Crippen molar-refractivity contribution >= 4 is 17.0 Å². The van der Waals surface area contributed by atoms with Gasteiger partial charge in [-0.3, -0.25) is 9.78 Å². The van der Waals surface area contributed by atoms with Crippen LogP contribution in [-0.2, 0) is 6.61 Å². The topological polar surface area (TPSA) is 96.3 Å². The van der Waals surface area contributed by atoms with Crippen molar-refractivity contribution in [2.45, 2.75) is 32.6 Å². The Hall–Kier alpha value is -3.01. The van der Waals surface area contributed by atoms with Crippen LogP contribution in [0.15, 0.2) is 29.1 Å². The van der Waals surface area contributed by atoms with Gasteiger partial charge in [0.25, 0.3) is 5.56 Å². The van der Waals surface area contributed by atoms with Gasteiger partial charge in [0.15, 0.2) is 5.65 Å². The molecule has 0 spiro atoms. The molecule has 0 unspecified atom stereocenters. The number of benzene rings is 1. The fourth-order valence-electron chi connectivity index (χ4n) is 3.06. The van der Waals surface area contributed by atoms with Crippen molar-refractivity contribution in [3.05, 3.63) is 45.9 Å². The molecule has 0 aliphatic rings. The molecule has 0 bridgehead atoms. The maximum atomic E-state index is 12.5. The van der Waals surface area contributed by atoms with Crippen LogP contribution in [0.25, 0.3) is 11.0 Å². The molecule has 1 atom stereocenters. The lowest BCUT2D eigenvalue weighted by molar-refractivity contribution is -0.0498. The minimum Gasteiger partial charge on any atom is -0.435 e. The van der Waals surface area contributed by atoms with Crippen LogP contribution in [0.1, 0.15) is 30.6 Å². The van der Waals surface area contributed by atoms with Gasteiger partial charge < -0.3 is 14.7 Å². The second kappa shape index (κ2) is 7.93. The number of aromatic nitrogens is 4. The predicted molar refractivity (Wildman–Crippen MR) is 99.9 cm³/mol. The van der Waals surface area contributed by atoms with Gasteiger partial charge >= 0.3 is 6.61 Å². The first-order valence-electron chi connectivity index (χ1n) is 8.70. The number of anilines is 1. The number of nitrogens with zero attached hydrogens (tertiary/aromatic N) is 4. The molecule has 3 aromatic rings. The molecule has 0 fully saturated rings. The third-order valence-corrected chi connectivity index (χ3v) is 4.37. The maximum absolute atomic E-state index is 12.5. The number of hydrogen-bond donors (Lipinski definition) is 2. The summed E-state index contributed by atoms with van der Waals surface area (Å²) in [5.41, 5.74) is 0.965. The zero-order chi connectivity index (χ0) is 20.4. The zero-order valence-electron chi connectivity index (χ0n) is 15.7. The highest BCUT2D eigenvalue weighted by Gasteiger charge is 2.22. The van der Waals surface area contributed by atoms with E-state index in [-0.39, 0.29) is 28.4 Å². The number of H-pyrrole nitrogens is 1. The van der Waals surface area contributed by atoms with Crippen LogP contribution < -0.4 is 15.2 Å². The van der Waals surface area contributed by atoms with Crippen LogP contribution in [-0.4, -0.2) is 45.6 Å². The number of aliphatic hydroxyl groups is 1. The molecule has 0 aliphatic heterocycles. The number of fused-ring (bicyclic) bond motifs is 1. The van der Waals surface area contributed by atoms with Crippen LogP contribution in [0.4, 0.5) is 14.7 Å². The lowest BCUT2D eigenvalue weighted by Gasteiger charge is -2.18. The lowest BCUT2D eigenvalue weighted by atomic mass is 10.0. The highest BCUT2D eigenvalue weighted by molar-refractivity contribution is 5.78. The summed E-state index contributed by atoms with van der Waals surface area (Å²) in [6, 6.07) is 5.92. The van der Waals surface area contributed by atoms with Crippen LogP contribution >= 0.6 is 0 Å². The largest absolute Gasteiger partial charge is 0.435 e. The third kappa shape index (κ3) is 3.68. The average molecular weight is 393 g/mol. The van der Waals surface area contributed by atoms with Gasteiger partial charge in [-0.15, -0.1) is 0 Å². The fourth-order valence-corrected chi connectivity index (χ4v) is 3.06. The highest BCUT2D eigenvalue weighted by atomic mass is 19.3.